The minimum atomic E-state index is -1.09. The number of rotatable bonds is 3. The van der Waals surface area contributed by atoms with Crippen molar-refractivity contribution in [3.8, 4) is 0 Å². The Balaban J connectivity index is 1.93. The summed E-state index contributed by atoms with van der Waals surface area (Å²) in [6.45, 7) is 0.394. The van der Waals surface area contributed by atoms with Crippen LogP contribution in [0.3, 0.4) is 0 Å². The number of nitrogens with one attached hydrogen (secondary N) is 1. The molecule has 0 aliphatic carbocycles. The summed E-state index contributed by atoms with van der Waals surface area (Å²) in [4.78, 5) is 25.0. The number of thiophene rings is 1. The molecule has 6 nitrogen and oxygen atoms in total. The number of aliphatic hydroxyl groups excluding tert-OH is 1. The van der Waals surface area contributed by atoms with Gasteiger partial charge in [0.2, 0.25) is 0 Å². The number of aliphatic carboxylic acids is 1. The second-order valence-electron chi connectivity index (χ2n) is 4.26. The van der Waals surface area contributed by atoms with E-state index in [2.05, 4.69) is 21.2 Å². The lowest BCUT2D eigenvalue weighted by Gasteiger charge is -2.21. The van der Waals surface area contributed by atoms with Crippen LogP contribution >= 0.6 is 27.3 Å². The average Bonchev–Trinajstić information content (AvgIpc) is 2.92. The topological polar surface area (TPSA) is 89.9 Å². The zero-order chi connectivity index (χ0) is 14.0. The van der Waals surface area contributed by atoms with E-state index in [9.17, 15) is 14.7 Å². The lowest BCUT2D eigenvalue weighted by Crippen LogP contribution is -2.45. The van der Waals surface area contributed by atoms with E-state index in [1.165, 1.54) is 11.3 Å². The molecule has 104 valence electrons. The minimum Gasteiger partial charge on any atom is -0.480 e. The van der Waals surface area contributed by atoms with Crippen LogP contribution in [0, 0.1) is 0 Å². The van der Waals surface area contributed by atoms with Gasteiger partial charge >= 0.3 is 12.0 Å². The summed E-state index contributed by atoms with van der Waals surface area (Å²) in [6, 6.07) is 2.34. The first kappa shape index (κ1) is 14.3. The van der Waals surface area contributed by atoms with Crippen LogP contribution in [0.1, 0.15) is 11.3 Å². The van der Waals surface area contributed by atoms with Crippen LogP contribution in [-0.4, -0.2) is 45.8 Å². The first-order chi connectivity index (χ1) is 8.97. The van der Waals surface area contributed by atoms with E-state index >= 15 is 0 Å². The lowest BCUT2D eigenvalue weighted by molar-refractivity contribution is -0.141. The van der Waals surface area contributed by atoms with Crippen molar-refractivity contribution in [2.75, 3.05) is 6.54 Å². The number of β-amino-alcohol motifs (C(OH)–C–C–N with tert-alkyl or cyclic N) is 1. The maximum atomic E-state index is 11.9. The molecule has 0 bridgehead atoms. The lowest BCUT2D eigenvalue weighted by atomic mass is 10.2. The SMILES string of the molecule is O=C(O)[C@@H]1C[C@H](O)CN1C(=O)NCc1ccc(Br)s1. The molecular weight excluding hydrogens is 336 g/mol. The molecule has 2 heterocycles. The fraction of sp³-hybridized carbons (Fsp3) is 0.455. The summed E-state index contributed by atoms with van der Waals surface area (Å²) in [7, 11) is 0. The summed E-state index contributed by atoms with van der Waals surface area (Å²) in [6.07, 6.45) is -0.699. The third-order valence-electron chi connectivity index (χ3n) is 2.87. The third kappa shape index (κ3) is 3.46. The third-order valence-corrected chi connectivity index (χ3v) is 4.49. The van der Waals surface area contributed by atoms with Gasteiger partial charge in [0.1, 0.15) is 6.04 Å². The van der Waals surface area contributed by atoms with Crippen LogP contribution in [0.15, 0.2) is 15.9 Å². The smallest absolute Gasteiger partial charge is 0.326 e. The molecule has 0 aromatic carbocycles. The number of carbonyl (C=O) groups is 2. The molecule has 1 aromatic heterocycles. The monoisotopic (exact) mass is 348 g/mol. The van der Waals surface area contributed by atoms with E-state index in [0.29, 0.717) is 6.54 Å². The summed E-state index contributed by atoms with van der Waals surface area (Å²) in [5.74, 6) is -1.09. The Morgan fingerprint density at radius 2 is 2.26 bits per heavy atom. The molecule has 19 heavy (non-hydrogen) atoms. The number of carbonyl (C=O) groups excluding carboxylic acids is 1. The Hall–Kier alpha value is -1.12. The average molecular weight is 349 g/mol. The number of halogens is 1. The number of aliphatic hydroxyl groups is 1. The Morgan fingerprint density at radius 3 is 2.84 bits per heavy atom. The highest BCUT2D eigenvalue weighted by atomic mass is 79.9. The van der Waals surface area contributed by atoms with E-state index in [-0.39, 0.29) is 13.0 Å². The zero-order valence-corrected chi connectivity index (χ0v) is 12.3. The second kappa shape index (κ2) is 5.89. The van der Waals surface area contributed by atoms with Crippen molar-refractivity contribution in [1.29, 1.82) is 0 Å². The Labute approximate surface area is 122 Å². The van der Waals surface area contributed by atoms with Crippen LogP contribution in [0.2, 0.25) is 0 Å². The first-order valence-electron chi connectivity index (χ1n) is 5.67. The molecule has 0 unspecified atom stereocenters. The molecule has 0 spiro atoms. The van der Waals surface area contributed by atoms with E-state index in [0.717, 1.165) is 13.6 Å². The van der Waals surface area contributed by atoms with Crippen molar-refractivity contribution in [3.05, 3.63) is 20.8 Å². The van der Waals surface area contributed by atoms with Crippen molar-refractivity contribution in [3.63, 3.8) is 0 Å². The molecule has 0 saturated carbocycles. The molecule has 2 atom stereocenters. The van der Waals surface area contributed by atoms with Gasteiger partial charge in [-0.3, -0.25) is 0 Å². The standard InChI is InChI=1S/C11H13BrN2O4S/c12-9-2-1-7(19-9)4-13-11(18)14-5-6(15)3-8(14)10(16)17/h1-2,6,8,15H,3-5H2,(H,13,18)(H,16,17)/t6-,8-/m0/s1. The van der Waals surface area contributed by atoms with Gasteiger partial charge in [0, 0.05) is 17.8 Å². The molecular formula is C11H13BrN2O4S. The van der Waals surface area contributed by atoms with Crippen molar-refractivity contribution >= 4 is 39.3 Å². The minimum absolute atomic E-state index is 0.0525. The number of carboxylic acids is 1. The Morgan fingerprint density at radius 1 is 1.53 bits per heavy atom. The second-order valence-corrected chi connectivity index (χ2v) is 6.81. The number of amides is 2. The highest BCUT2D eigenvalue weighted by molar-refractivity contribution is 9.11. The van der Waals surface area contributed by atoms with Gasteiger partial charge < -0.3 is 20.4 Å². The molecule has 0 radical (unpaired) electrons. The number of carboxylic acid groups (broad SMARTS) is 1. The van der Waals surface area contributed by atoms with Crippen molar-refractivity contribution in [2.24, 2.45) is 0 Å². The van der Waals surface area contributed by atoms with E-state index in [1.54, 1.807) is 0 Å². The first-order valence-corrected chi connectivity index (χ1v) is 7.28. The largest absolute Gasteiger partial charge is 0.480 e. The van der Waals surface area contributed by atoms with E-state index in [4.69, 9.17) is 5.11 Å². The molecule has 1 aliphatic rings. The molecule has 1 saturated heterocycles. The van der Waals surface area contributed by atoms with Crippen molar-refractivity contribution < 1.29 is 19.8 Å². The number of urea groups is 1. The Bertz CT molecular complexity index is 493. The molecule has 2 rings (SSSR count). The summed E-state index contributed by atoms with van der Waals surface area (Å²) in [5.41, 5.74) is 0. The van der Waals surface area contributed by atoms with Crippen LogP contribution in [0.25, 0.3) is 0 Å². The van der Waals surface area contributed by atoms with Gasteiger partial charge in [-0.05, 0) is 28.1 Å². The van der Waals surface area contributed by atoms with Crippen LogP contribution in [0.4, 0.5) is 4.79 Å². The molecule has 1 fully saturated rings. The zero-order valence-electron chi connectivity index (χ0n) is 9.88. The van der Waals surface area contributed by atoms with Crippen molar-refractivity contribution in [2.45, 2.75) is 25.1 Å². The summed E-state index contributed by atoms with van der Waals surface area (Å²) >= 11 is 4.82. The number of hydrogen-bond acceptors (Lipinski definition) is 4. The molecule has 8 heteroatoms. The highest BCUT2D eigenvalue weighted by Crippen LogP contribution is 2.22. The summed E-state index contributed by atoms with van der Waals surface area (Å²) in [5, 5.41) is 21.1. The predicted octanol–water partition coefficient (Wildman–Crippen LogP) is 1.24. The van der Waals surface area contributed by atoms with Gasteiger partial charge in [-0.25, -0.2) is 9.59 Å². The maximum absolute atomic E-state index is 11.9. The predicted molar refractivity (Wildman–Crippen MR) is 73.0 cm³/mol. The molecule has 1 aliphatic heterocycles. The fourth-order valence-corrected chi connectivity index (χ4v) is 3.41. The maximum Gasteiger partial charge on any atom is 0.326 e. The summed E-state index contributed by atoms with van der Waals surface area (Å²) < 4.78 is 0.969. The fourth-order valence-electron chi connectivity index (χ4n) is 1.98. The van der Waals surface area contributed by atoms with Crippen LogP contribution < -0.4 is 5.32 Å². The normalized spacial score (nSPS) is 22.5. The molecule has 1 aromatic rings. The number of hydrogen-bond donors (Lipinski definition) is 3. The highest BCUT2D eigenvalue weighted by Gasteiger charge is 2.38. The van der Waals surface area contributed by atoms with Crippen molar-refractivity contribution in [1.82, 2.24) is 10.2 Å². The van der Waals surface area contributed by atoms with Crippen LogP contribution in [0.5, 0.6) is 0 Å². The number of nitrogens with zero attached hydrogens (tertiary/aromatic N) is 1. The van der Waals surface area contributed by atoms with E-state index < -0.39 is 24.1 Å². The quantitative estimate of drug-likeness (QED) is 0.766. The van der Waals surface area contributed by atoms with E-state index in [1.807, 2.05) is 12.1 Å². The van der Waals surface area contributed by atoms with Gasteiger partial charge in [0.15, 0.2) is 0 Å². The van der Waals surface area contributed by atoms with Gasteiger partial charge in [-0.15, -0.1) is 11.3 Å². The molecule has 3 N–H and O–H groups in total. The Kier molecular flexibility index (Phi) is 4.43. The molecule has 2 amide bonds. The van der Waals surface area contributed by atoms with Gasteiger partial charge in [-0.2, -0.15) is 0 Å². The van der Waals surface area contributed by atoms with Gasteiger partial charge in [0.05, 0.1) is 16.4 Å². The van der Waals surface area contributed by atoms with Gasteiger partial charge in [0.25, 0.3) is 0 Å². The van der Waals surface area contributed by atoms with Crippen LogP contribution in [-0.2, 0) is 11.3 Å². The number of likely N-dealkylation sites (tertiary alicyclic amines) is 1. The van der Waals surface area contributed by atoms with Gasteiger partial charge in [-0.1, -0.05) is 0 Å².